The van der Waals surface area contributed by atoms with E-state index in [1.165, 1.54) is 0 Å². The summed E-state index contributed by atoms with van der Waals surface area (Å²) in [5.74, 6) is 0.578. The Balaban J connectivity index is 3.94. The summed E-state index contributed by atoms with van der Waals surface area (Å²) in [7, 11) is 0. The fourth-order valence-corrected chi connectivity index (χ4v) is 2.13. The Bertz CT molecular complexity index is 282. The molecule has 0 rings (SSSR count). The van der Waals surface area contributed by atoms with Crippen LogP contribution < -0.4 is 10.6 Å². The normalized spacial score (nSPS) is 12.9. The zero-order chi connectivity index (χ0) is 14.2. The van der Waals surface area contributed by atoms with Crippen LogP contribution in [0.2, 0.25) is 0 Å². The lowest BCUT2D eigenvalue weighted by Gasteiger charge is -2.26. The summed E-state index contributed by atoms with van der Waals surface area (Å²) in [4.78, 5) is 22.1. The van der Waals surface area contributed by atoms with Crippen molar-refractivity contribution < 1.29 is 14.7 Å². The highest BCUT2D eigenvalue weighted by Gasteiger charge is 2.21. The van der Waals surface area contributed by atoms with Gasteiger partial charge in [0.05, 0.1) is 0 Å². The lowest BCUT2D eigenvalue weighted by Crippen LogP contribution is -2.49. The average molecular weight is 276 g/mol. The van der Waals surface area contributed by atoms with E-state index in [2.05, 4.69) is 17.6 Å². The quantitative estimate of drug-likeness (QED) is 0.633. The molecule has 0 aromatic rings. The summed E-state index contributed by atoms with van der Waals surface area (Å²) in [6, 6.07) is -0.238. The van der Waals surface area contributed by atoms with E-state index in [0.29, 0.717) is 18.9 Å². The van der Waals surface area contributed by atoms with Crippen LogP contribution in [-0.4, -0.2) is 41.2 Å². The van der Waals surface area contributed by atoms with Gasteiger partial charge in [-0.15, -0.1) is 0 Å². The highest BCUT2D eigenvalue weighted by Crippen LogP contribution is 2.11. The summed E-state index contributed by atoms with van der Waals surface area (Å²) in [5.41, 5.74) is -0.509. The minimum absolute atomic E-state index is 0.0517. The van der Waals surface area contributed by atoms with Crippen LogP contribution in [0, 0.1) is 5.92 Å². The maximum absolute atomic E-state index is 11.6. The Labute approximate surface area is 113 Å². The van der Waals surface area contributed by atoms with Crippen LogP contribution in [0.1, 0.15) is 33.6 Å². The lowest BCUT2D eigenvalue weighted by molar-refractivity contribution is -0.137. The van der Waals surface area contributed by atoms with Crippen LogP contribution in [-0.2, 0) is 4.79 Å². The van der Waals surface area contributed by atoms with Gasteiger partial charge < -0.3 is 15.7 Å². The molecular weight excluding hydrogens is 252 g/mol. The molecule has 0 saturated heterocycles. The standard InChI is InChI=1S/C12H24N2O3S/c1-9(8-18-4)7-13-11(17)14-12(2,3)6-5-10(15)16/h9H,5-8H2,1-4H3,(H,15,16)(H2,13,14,17). The number of carbonyl (C=O) groups is 2. The van der Waals surface area contributed by atoms with Crippen LogP contribution in [0.3, 0.4) is 0 Å². The van der Waals surface area contributed by atoms with E-state index >= 15 is 0 Å². The van der Waals surface area contributed by atoms with E-state index in [1.54, 1.807) is 11.8 Å². The van der Waals surface area contributed by atoms with Gasteiger partial charge in [-0.05, 0) is 38.2 Å². The molecule has 18 heavy (non-hydrogen) atoms. The van der Waals surface area contributed by atoms with Gasteiger partial charge in [-0.25, -0.2) is 4.79 Å². The molecule has 106 valence electrons. The van der Waals surface area contributed by atoms with Gasteiger partial charge in [0.1, 0.15) is 0 Å². The molecular formula is C12H24N2O3S. The Morgan fingerprint density at radius 2 is 2.00 bits per heavy atom. The number of urea groups is 1. The van der Waals surface area contributed by atoms with Crippen molar-refractivity contribution >= 4 is 23.8 Å². The third kappa shape index (κ3) is 9.15. The maximum Gasteiger partial charge on any atom is 0.315 e. The molecule has 0 spiro atoms. The molecule has 1 atom stereocenters. The molecule has 0 fully saturated rings. The van der Waals surface area contributed by atoms with Crippen molar-refractivity contribution in [3.8, 4) is 0 Å². The topological polar surface area (TPSA) is 78.4 Å². The molecule has 1 unspecified atom stereocenters. The predicted octanol–water partition coefficient (Wildman–Crippen LogP) is 1.93. The molecule has 0 aliphatic rings. The van der Waals surface area contributed by atoms with Gasteiger partial charge in [0.2, 0.25) is 0 Å². The number of carboxylic acid groups (broad SMARTS) is 1. The first-order chi connectivity index (χ1) is 8.26. The number of hydrogen-bond donors (Lipinski definition) is 3. The van der Waals surface area contributed by atoms with Crippen molar-refractivity contribution in [1.82, 2.24) is 10.6 Å². The summed E-state index contributed by atoms with van der Waals surface area (Å²) in [6.45, 7) is 6.34. The molecule has 0 aliphatic carbocycles. The van der Waals surface area contributed by atoms with E-state index in [0.717, 1.165) is 5.75 Å². The van der Waals surface area contributed by atoms with Gasteiger partial charge in [-0.1, -0.05) is 6.92 Å². The van der Waals surface area contributed by atoms with E-state index in [1.807, 2.05) is 20.1 Å². The van der Waals surface area contributed by atoms with Crippen molar-refractivity contribution in [3.63, 3.8) is 0 Å². The number of amides is 2. The molecule has 0 saturated carbocycles. The lowest BCUT2D eigenvalue weighted by atomic mass is 9.99. The van der Waals surface area contributed by atoms with E-state index in [9.17, 15) is 9.59 Å². The Hall–Kier alpha value is -0.910. The largest absolute Gasteiger partial charge is 0.481 e. The van der Waals surface area contributed by atoms with Crippen molar-refractivity contribution in [1.29, 1.82) is 0 Å². The molecule has 2 amide bonds. The average Bonchev–Trinajstić information content (AvgIpc) is 2.24. The molecule has 0 aromatic heterocycles. The minimum Gasteiger partial charge on any atom is -0.481 e. The second-order valence-corrected chi connectivity index (χ2v) is 6.08. The Kier molecular flexibility index (Phi) is 7.82. The second-order valence-electron chi connectivity index (χ2n) is 5.17. The van der Waals surface area contributed by atoms with Crippen LogP contribution in [0.5, 0.6) is 0 Å². The molecule has 0 radical (unpaired) electrons. The minimum atomic E-state index is -0.848. The van der Waals surface area contributed by atoms with Gasteiger partial charge in [-0.2, -0.15) is 11.8 Å². The molecule has 0 bridgehead atoms. The highest BCUT2D eigenvalue weighted by molar-refractivity contribution is 7.98. The van der Waals surface area contributed by atoms with Crippen LogP contribution in [0.25, 0.3) is 0 Å². The fraction of sp³-hybridized carbons (Fsp3) is 0.833. The van der Waals surface area contributed by atoms with E-state index in [-0.39, 0.29) is 12.5 Å². The number of rotatable bonds is 8. The Morgan fingerprint density at radius 1 is 1.39 bits per heavy atom. The second kappa shape index (κ2) is 8.24. The summed E-state index contributed by atoms with van der Waals surface area (Å²) >= 11 is 1.75. The molecule has 0 aliphatic heterocycles. The fourth-order valence-electron chi connectivity index (χ4n) is 1.44. The van der Waals surface area contributed by atoms with E-state index < -0.39 is 11.5 Å². The number of carbonyl (C=O) groups excluding carboxylic acids is 1. The highest BCUT2D eigenvalue weighted by atomic mass is 32.2. The van der Waals surface area contributed by atoms with Crippen molar-refractivity contribution in [2.24, 2.45) is 5.92 Å². The predicted molar refractivity (Wildman–Crippen MR) is 75.0 cm³/mol. The van der Waals surface area contributed by atoms with Gasteiger partial charge in [0.25, 0.3) is 0 Å². The number of nitrogens with one attached hydrogen (secondary N) is 2. The van der Waals surface area contributed by atoms with Crippen molar-refractivity contribution in [2.45, 2.75) is 39.2 Å². The zero-order valence-electron chi connectivity index (χ0n) is 11.6. The van der Waals surface area contributed by atoms with Gasteiger partial charge in [0.15, 0.2) is 0 Å². The molecule has 5 nitrogen and oxygen atoms in total. The van der Waals surface area contributed by atoms with Crippen LogP contribution >= 0.6 is 11.8 Å². The van der Waals surface area contributed by atoms with Gasteiger partial charge in [0, 0.05) is 18.5 Å². The van der Waals surface area contributed by atoms with E-state index in [4.69, 9.17) is 5.11 Å². The first kappa shape index (κ1) is 17.1. The summed E-state index contributed by atoms with van der Waals surface area (Å²) in [6.07, 6.45) is 2.50. The van der Waals surface area contributed by atoms with Gasteiger partial charge in [-0.3, -0.25) is 4.79 Å². The summed E-state index contributed by atoms with van der Waals surface area (Å²) in [5, 5.41) is 14.2. The van der Waals surface area contributed by atoms with Crippen LogP contribution in [0.4, 0.5) is 4.79 Å². The molecule has 0 heterocycles. The van der Waals surface area contributed by atoms with Crippen LogP contribution in [0.15, 0.2) is 0 Å². The number of aliphatic carboxylic acids is 1. The molecule has 0 aromatic carbocycles. The number of thioether (sulfide) groups is 1. The van der Waals surface area contributed by atoms with Crippen molar-refractivity contribution in [2.75, 3.05) is 18.6 Å². The van der Waals surface area contributed by atoms with Crippen molar-refractivity contribution in [3.05, 3.63) is 0 Å². The summed E-state index contributed by atoms with van der Waals surface area (Å²) < 4.78 is 0. The third-order valence-electron chi connectivity index (χ3n) is 2.48. The maximum atomic E-state index is 11.6. The monoisotopic (exact) mass is 276 g/mol. The third-order valence-corrected chi connectivity index (χ3v) is 3.38. The smallest absolute Gasteiger partial charge is 0.315 e. The molecule has 3 N–H and O–H groups in total. The first-order valence-electron chi connectivity index (χ1n) is 6.03. The Morgan fingerprint density at radius 3 is 2.50 bits per heavy atom. The zero-order valence-corrected chi connectivity index (χ0v) is 12.4. The number of carboxylic acids is 1. The molecule has 6 heteroatoms. The first-order valence-corrected chi connectivity index (χ1v) is 7.43. The van der Waals surface area contributed by atoms with Gasteiger partial charge >= 0.3 is 12.0 Å². The number of hydrogen-bond acceptors (Lipinski definition) is 3. The SMILES string of the molecule is CSCC(C)CNC(=O)NC(C)(C)CCC(=O)O.